The first-order chi connectivity index (χ1) is 4.00. The molecule has 0 atom stereocenters. The molecule has 43 valence electrons. The van der Waals surface area contributed by atoms with Crippen molar-refractivity contribution >= 4 is 0 Å². The zero-order valence-electron chi connectivity index (χ0n) is 5.01. The molecule has 1 radical (unpaired) electrons. The largest absolute Gasteiger partial charge is 0.0879 e. The van der Waals surface area contributed by atoms with E-state index >= 15 is 0 Å². The van der Waals surface area contributed by atoms with Crippen LogP contribution in [0, 0.1) is 6.42 Å². The first-order valence-corrected chi connectivity index (χ1v) is 3.12. The number of rotatable bonds is 0. The Bertz CT molecular complexity index is 86.6. The minimum Gasteiger partial charge on any atom is -0.0879 e. The van der Waals surface area contributed by atoms with Gasteiger partial charge in [0.1, 0.15) is 0 Å². The molecule has 0 unspecified atom stereocenters. The lowest BCUT2D eigenvalue weighted by Crippen LogP contribution is -1.73. The van der Waals surface area contributed by atoms with Crippen LogP contribution in [0.25, 0.3) is 0 Å². The highest BCUT2D eigenvalue weighted by Crippen LogP contribution is 2.01. The molecule has 8 heavy (non-hydrogen) atoms. The lowest BCUT2D eigenvalue weighted by atomic mass is 10.1. The van der Waals surface area contributed by atoms with E-state index in [4.69, 9.17) is 0 Å². The van der Waals surface area contributed by atoms with Gasteiger partial charge in [0.25, 0.3) is 0 Å². The molecule has 0 saturated heterocycles. The predicted molar refractivity (Wildman–Crippen MR) is 36.4 cm³/mol. The van der Waals surface area contributed by atoms with Crippen molar-refractivity contribution < 1.29 is 0 Å². The van der Waals surface area contributed by atoms with Crippen molar-refractivity contribution in [2.24, 2.45) is 0 Å². The van der Waals surface area contributed by atoms with Gasteiger partial charge in [-0.1, -0.05) is 24.3 Å². The zero-order valence-corrected chi connectivity index (χ0v) is 5.01. The van der Waals surface area contributed by atoms with Crippen LogP contribution < -0.4 is 0 Å². The van der Waals surface area contributed by atoms with Gasteiger partial charge in [-0.25, -0.2) is 0 Å². The number of allylic oxidation sites excluding steroid dienone is 4. The van der Waals surface area contributed by atoms with Crippen LogP contribution >= 0.6 is 0 Å². The van der Waals surface area contributed by atoms with Gasteiger partial charge in [0, 0.05) is 0 Å². The SMILES string of the molecule is [CH]1CC=CCC=CC1. The van der Waals surface area contributed by atoms with Crippen LogP contribution in [0.1, 0.15) is 19.3 Å². The van der Waals surface area contributed by atoms with E-state index in [0.717, 1.165) is 19.3 Å². The Labute approximate surface area is 50.9 Å². The smallest absolute Gasteiger partial charge is 0.0169 e. The van der Waals surface area contributed by atoms with Crippen LogP contribution in [0.3, 0.4) is 0 Å². The van der Waals surface area contributed by atoms with Gasteiger partial charge in [0.2, 0.25) is 0 Å². The Morgan fingerprint density at radius 3 is 1.75 bits per heavy atom. The zero-order chi connectivity index (χ0) is 5.66. The second kappa shape index (κ2) is 3.48. The molecule has 0 aromatic heterocycles. The molecule has 0 N–H and O–H groups in total. The van der Waals surface area contributed by atoms with Crippen molar-refractivity contribution in [3.8, 4) is 0 Å². The number of hydrogen-bond donors (Lipinski definition) is 0. The molecule has 0 aromatic carbocycles. The Morgan fingerprint density at radius 1 is 0.625 bits per heavy atom. The van der Waals surface area contributed by atoms with E-state index in [1.165, 1.54) is 0 Å². The first kappa shape index (κ1) is 5.61. The molecule has 0 bridgehead atoms. The van der Waals surface area contributed by atoms with Crippen molar-refractivity contribution in [3.05, 3.63) is 30.7 Å². The summed E-state index contributed by atoms with van der Waals surface area (Å²) < 4.78 is 0. The molecule has 0 amide bonds. The average Bonchev–Trinajstić information content (AvgIpc) is 1.62. The van der Waals surface area contributed by atoms with E-state index in [2.05, 4.69) is 30.7 Å². The first-order valence-electron chi connectivity index (χ1n) is 3.12. The normalized spacial score (nSPS) is 20.0. The fourth-order valence-corrected chi connectivity index (χ4v) is 0.752. The van der Waals surface area contributed by atoms with E-state index in [1.807, 2.05) is 0 Å². The maximum absolute atomic E-state index is 2.27. The lowest BCUT2D eigenvalue weighted by molar-refractivity contribution is 1.07. The van der Waals surface area contributed by atoms with Crippen LogP contribution in [-0.2, 0) is 0 Å². The summed E-state index contributed by atoms with van der Waals surface area (Å²) in [5, 5.41) is 0. The quantitative estimate of drug-likeness (QED) is 0.417. The molecular weight excluding hydrogens is 96.1 g/mol. The second-order valence-corrected chi connectivity index (χ2v) is 1.94. The average molecular weight is 107 g/mol. The molecular formula is C8H11. The molecule has 0 aromatic rings. The third kappa shape index (κ3) is 1.97. The monoisotopic (exact) mass is 107 g/mol. The van der Waals surface area contributed by atoms with Gasteiger partial charge < -0.3 is 0 Å². The van der Waals surface area contributed by atoms with Gasteiger partial charge in [0.05, 0.1) is 0 Å². The third-order valence-corrected chi connectivity index (χ3v) is 1.21. The summed E-state index contributed by atoms with van der Waals surface area (Å²) in [6, 6.07) is 0. The van der Waals surface area contributed by atoms with Crippen molar-refractivity contribution in [2.75, 3.05) is 0 Å². The van der Waals surface area contributed by atoms with Gasteiger partial charge >= 0.3 is 0 Å². The van der Waals surface area contributed by atoms with E-state index in [9.17, 15) is 0 Å². The fourth-order valence-electron chi connectivity index (χ4n) is 0.752. The molecule has 0 nitrogen and oxygen atoms in total. The van der Waals surface area contributed by atoms with Crippen molar-refractivity contribution in [1.29, 1.82) is 0 Å². The summed E-state index contributed by atoms with van der Waals surface area (Å²) in [6.45, 7) is 0. The van der Waals surface area contributed by atoms with E-state index in [1.54, 1.807) is 0 Å². The Morgan fingerprint density at radius 2 is 1.12 bits per heavy atom. The summed E-state index contributed by atoms with van der Waals surface area (Å²) in [6.07, 6.45) is 14.5. The van der Waals surface area contributed by atoms with E-state index < -0.39 is 0 Å². The summed E-state index contributed by atoms with van der Waals surface area (Å²) >= 11 is 0. The minimum absolute atomic E-state index is 1.12. The Kier molecular flexibility index (Phi) is 2.44. The van der Waals surface area contributed by atoms with Crippen LogP contribution in [0.2, 0.25) is 0 Å². The van der Waals surface area contributed by atoms with Crippen molar-refractivity contribution in [1.82, 2.24) is 0 Å². The Hall–Kier alpha value is -0.520. The maximum Gasteiger partial charge on any atom is -0.0169 e. The van der Waals surface area contributed by atoms with Gasteiger partial charge in [-0.15, -0.1) is 0 Å². The van der Waals surface area contributed by atoms with Crippen LogP contribution in [0.15, 0.2) is 24.3 Å². The summed E-state index contributed by atoms with van der Waals surface area (Å²) in [4.78, 5) is 0. The van der Waals surface area contributed by atoms with E-state index in [0.29, 0.717) is 0 Å². The second-order valence-electron chi connectivity index (χ2n) is 1.94. The molecule has 1 aliphatic rings. The summed E-state index contributed by atoms with van der Waals surface area (Å²) in [5.41, 5.74) is 0. The van der Waals surface area contributed by atoms with Gasteiger partial charge in [-0.2, -0.15) is 0 Å². The summed E-state index contributed by atoms with van der Waals surface area (Å²) in [7, 11) is 0. The lowest BCUT2D eigenvalue weighted by Gasteiger charge is -1.92. The maximum atomic E-state index is 2.27. The molecule has 0 heteroatoms. The van der Waals surface area contributed by atoms with Gasteiger partial charge in [-0.05, 0) is 25.7 Å². The highest BCUT2D eigenvalue weighted by atomic mass is 13.9. The molecule has 0 fully saturated rings. The van der Waals surface area contributed by atoms with Gasteiger partial charge in [0.15, 0.2) is 0 Å². The van der Waals surface area contributed by atoms with E-state index in [-0.39, 0.29) is 0 Å². The van der Waals surface area contributed by atoms with Crippen molar-refractivity contribution in [2.45, 2.75) is 19.3 Å². The van der Waals surface area contributed by atoms with Crippen LogP contribution in [0.5, 0.6) is 0 Å². The minimum atomic E-state index is 1.12. The fraction of sp³-hybridized carbons (Fsp3) is 0.375. The predicted octanol–water partition coefficient (Wildman–Crippen LogP) is 2.49. The number of hydrogen-bond acceptors (Lipinski definition) is 0. The Balaban J connectivity index is 2.31. The summed E-state index contributed by atoms with van der Waals surface area (Å²) in [5.74, 6) is 0. The third-order valence-electron chi connectivity index (χ3n) is 1.21. The van der Waals surface area contributed by atoms with Gasteiger partial charge in [-0.3, -0.25) is 0 Å². The molecule has 0 aliphatic heterocycles. The highest BCUT2D eigenvalue weighted by molar-refractivity contribution is 5.00. The molecule has 0 heterocycles. The molecule has 0 saturated carbocycles. The van der Waals surface area contributed by atoms with Crippen molar-refractivity contribution in [3.63, 3.8) is 0 Å². The molecule has 1 rings (SSSR count). The molecule has 1 aliphatic carbocycles. The standard InChI is InChI=1S/C8H11/c1-2-4-6-8-7-5-3-1/h1-2,5-7H,3-4,8H2. The van der Waals surface area contributed by atoms with Crippen LogP contribution in [0.4, 0.5) is 0 Å². The van der Waals surface area contributed by atoms with Crippen LogP contribution in [-0.4, -0.2) is 0 Å². The molecule has 0 spiro atoms. The topological polar surface area (TPSA) is 0 Å². The highest BCUT2D eigenvalue weighted by Gasteiger charge is 1.83.